The van der Waals surface area contributed by atoms with Crippen LogP contribution in [0.5, 0.6) is 0 Å². The van der Waals surface area contributed by atoms with Crippen LogP contribution in [0.25, 0.3) is 0 Å². The first-order valence-electron chi connectivity index (χ1n) is 6.54. The SMILES string of the molecule is Fc1ccc([S+](c2ccccc2)c2ccc(F)cc2)cc1. The Kier molecular flexibility index (Phi) is 4.02. The van der Waals surface area contributed by atoms with Crippen molar-refractivity contribution in [2.45, 2.75) is 14.7 Å². The summed E-state index contributed by atoms with van der Waals surface area (Å²) < 4.78 is 26.3. The van der Waals surface area contributed by atoms with Crippen molar-refractivity contribution in [3.8, 4) is 0 Å². The standard InChI is InChI=1S/C18H13F2S/c19-14-6-10-17(11-7-14)21(16-4-2-1-3-5-16)18-12-8-15(20)9-13-18/h1-13H/q+1. The second-order valence-electron chi connectivity index (χ2n) is 4.53. The molecule has 0 aromatic heterocycles. The summed E-state index contributed by atoms with van der Waals surface area (Å²) in [5, 5.41) is 0. The molecule has 0 saturated carbocycles. The molecule has 21 heavy (non-hydrogen) atoms. The Morgan fingerprint density at radius 2 is 0.857 bits per heavy atom. The highest BCUT2D eigenvalue weighted by Crippen LogP contribution is 2.31. The van der Waals surface area contributed by atoms with Crippen LogP contribution in [-0.2, 0) is 10.9 Å². The summed E-state index contributed by atoms with van der Waals surface area (Å²) in [6.45, 7) is 0. The number of rotatable bonds is 3. The van der Waals surface area contributed by atoms with Gasteiger partial charge in [-0.15, -0.1) is 0 Å². The van der Waals surface area contributed by atoms with E-state index in [0.717, 1.165) is 14.7 Å². The lowest BCUT2D eigenvalue weighted by Gasteiger charge is -2.07. The van der Waals surface area contributed by atoms with Crippen molar-refractivity contribution in [1.82, 2.24) is 0 Å². The topological polar surface area (TPSA) is 0 Å². The molecule has 0 unspecified atom stereocenters. The first-order chi connectivity index (χ1) is 10.2. The number of benzene rings is 3. The van der Waals surface area contributed by atoms with E-state index >= 15 is 0 Å². The molecule has 3 heteroatoms. The second-order valence-corrected chi connectivity index (χ2v) is 6.55. The second kappa shape index (κ2) is 6.10. The Bertz CT molecular complexity index is 661. The van der Waals surface area contributed by atoms with Gasteiger partial charge in [0.2, 0.25) is 0 Å². The molecule has 0 aliphatic rings. The molecular weight excluding hydrogens is 286 g/mol. The van der Waals surface area contributed by atoms with Crippen molar-refractivity contribution in [3.05, 3.63) is 90.5 Å². The molecule has 0 heterocycles. The van der Waals surface area contributed by atoms with Crippen molar-refractivity contribution in [2.24, 2.45) is 0 Å². The molecule has 3 aromatic carbocycles. The lowest BCUT2D eigenvalue weighted by Crippen LogP contribution is -2.04. The van der Waals surface area contributed by atoms with Gasteiger partial charge in [0.15, 0.2) is 14.7 Å². The van der Waals surface area contributed by atoms with Crippen molar-refractivity contribution in [3.63, 3.8) is 0 Å². The molecule has 0 aliphatic heterocycles. The highest BCUT2D eigenvalue weighted by atomic mass is 32.2. The van der Waals surface area contributed by atoms with Gasteiger partial charge in [0.1, 0.15) is 11.6 Å². The highest BCUT2D eigenvalue weighted by molar-refractivity contribution is 7.97. The Morgan fingerprint density at radius 1 is 0.476 bits per heavy atom. The largest absolute Gasteiger partial charge is 0.207 e. The maximum atomic E-state index is 13.2. The van der Waals surface area contributed by atoms with Gasteiger partial charge in [0, 0.05) is 0 Å². The van der Waals surface area contributed by atoms with Crippen molar-refractivity contribution >= 4 is 10.9 Å². The van der Waals surface area contributed by atoms with Gasteiger partial charge in [-0.05, 0) is 60.7 Å². The molecular formula is C18H13F2S+. The van der Waals surface area contributed by atoms with Gasteiger partial charge in [-0.2, -0.15) is 0 Å². The molecule has 0 fully saturated rings. The van der Waals surface area contributed by atoms with Gasteiger partial charge < -0.3 is 0 Å². The molecule has 3 aromatic rings. The fourth-order valence-electron chi connectivity index (χ4n) is 2.11. The molecule has 0 amide bonds. The third-order valence-corrected chi connectivity index (χ3v) is 5.31. The highest BCUT2D eigenvalue weighted by Gasteiger charge is 2.28. The first-order valence-corrected chi connectivity index (χ1v) is 7.77. The number of hydrogen-bond donors (Lipinski definition) is 0. The Balaban J connectivity index is 2.11. The third-order valence-electron chi connectivity index (χ3n) is 3.08. The zero-order valence-electron chi connectivity index (χ0n) is 11.2. The van der Waals surface area contributed by atoms with Crippen LogP contribution < -0.4 is 0 Å². The first kappa shape index (κ1) is 13.8. The minimum Gasteiger partial charge on any atom is -0.207 e. The lowest BCUT2D eigenvalue weighted by atomic mass is 10.3. The average molecular weight is 299 g/mol. The molecule has 0 N–H and O–H groups in total. The van der Waals surface area contributed by atoms with Gasteiger partial charge in [-0.25, -0.2) is 8.78 Å². The summed E-state index contributed by atoms with van der Waals surface area (Å²) in [6, 6.07) is 23.0. The Labute approximate surface area is 125 Å². The van der Waals surface area contributed by atoms with E-state index in [0.29, 0.717) is 0 Å². The van der Waals surface area contributed by atoms with Gasteiger partial charge in [-0.1, -0.05) is 18.2 Å². The maximum Gasteiger partial charge on any atom is 0.166 e. The molecule has 0 atom stereocenters. The van der Waals surface area contributed by atoms with Crippen molar-refractivity contribution < 1.29 is 8.78 Å². The quantitative estimate of drug-likeness (QED) is 0.593. The van der Waals surface area contributed by atoms with Gasteiger partial charge in [0.25, 0.3) is 0 Å². The average Bonchev–Trinajstić information content (AvgIpc) is 2.52. The van der Waals surface area contributed by atoms with Gasteiger partial charge >= 0.3 is 0 Å². The maximum absolute atomic E-state index is 13.2. The van der Waals surface area contributed by atoms with Gasteiger partial charge in [0.05, 0.1) is 10.9 Å². The van der Waals surface area contributed by atoms with E-state index in [1.165, 1.54) is 24.3 Å². The summed E-state index contributed by atoms with van der Waals surface area (Å²) >= 11 is 0. The van der Waals surface area contributed by atoms with Crippen LogP contribution in [0.3, 0.4) is 0 Å². The Morgan fingerprint density at radius 3 is 1.29 bits per heavy atom. The van der Waals surface area contributed by atoms with Crippen molar-refractivity contribution in [2.75, 3.05) is 0 Å². The summed E-state index contributed by atoms with van der Waals surface area (Å²) in [5.74, 6) is -0.510. The summed E-state index contributed by atoms with van der Waals surface area (Å²) in [5.41, 5.74) is 0. The van der Waals surface area contributed by atoms with Crippen LogP contribution in [-0.4, -0.2) is 0 Å². The molecule has 3 rings (SSSR count). The van der Waals surface area contributed by atoms with E-state index in [1.807, 2.05) is 30.3 Å². The van der Waals surface area contributed by atoms with Crippen LogP contribution in [0, 0.1) is 11.6 Å². The van der Waals surface area contributed by atoms with Crippen LogP contribution in [0.1, 0.15) is 0 Å². The normalized spacial score (nSPS) is 10.8. The fourth-order valence-corrected chi connectivity index (χ4v) is 4.17. The minimum absolute atomic E-state index is 0.255. The van der Waals surface area contributed by atoms with Crippen molar-refractivity contribution in [1.29, 1.82) is 0 Å². The summed E-state index contributed by atoms with van der Waals surface area (Å²) in [7, 11) is -0.365. The predicted molar refractivity (Wildman–Crippen MR) is 81.4 cm³/mol. The summed E-state index contributed by atoms with van der Waals surface area (Å²) in [4.78, 5) is 3.14. The van der Waals surface area contributed by atoms with E-state index in [4.69, 9.17) is 0 Å². The van der Waals surface area contributed by atoms with E-state index in [1.54, 1.807) is 24.3 Å². The molecule has 0 spiro atoms. The lowest BCUT2D eigenvalue weighted by molar-refractivity contribution is 0.626. The van der Waals surface area contributed by atoms with Crippen LogP contribution in [0.4, 0.5) is 8.78 Å². The van der Waals surface area contributed by atoms with E-state index in [9.17, 15) is 8.78 Å². The zero-order chi connectivity index (χ0) is 14.7. The third kappa shape index (κ3) is 3.14. The van der Waals surface area contributed by atoms with Crippen LogP contribution in [0.2, 0.25) is 0 Å². The molecule has 104 valence electrons. The van der Waals surface area contributed by atoms with E-state index in [-0.39, 0.29) is 22.5 Å². The smallest absolute Gasteiger partial charge is 0.166 e. The molecule has 0 radical (unpaired) electrons. The van der Waals surface area contributed by atoms with Crippen LogP contribution >= 0.6 is 0 Å². The number of halogens is 2. The molecule has 0 nitrogen and oxygen atoms in total. The predicted octanol–water partition coefficient (Wildman–Crippen LogP) is 5.06. The van der Waals surface area contributed by atoms with E-state index in [2.05, 4.69) is 0 Å². The van der Waals surface area contributed by atoms with Crippen LogP contribution in [0.15, 0.2) is 93.5 Å². The molecule has 0 saturated heterocycles. The molecule has 0 bridgehead atoms. The zero-order valence-corrected chi connectivity index (χ0v) is 12.0. The number of hydrogen-bond acceptors (Lipinski definition) is 0. The summed E-state index contributed by atoms with van der Waals surface area (Å²) in [6.07, 6.45) is 0. The minimum atomic E-state index is -0.365. The Hall–Kier alpha value is -2.13. The van der Waals surface area contributed by atoms with E-state index < -0.39 is 0 Å². The monoisotopic (exact) mass is 299 g/mol. The van der Waals surface area contributed by atoms with Gasteiger partial charge in [-0.3, -0.25) is 0 Å². The molecule has 0 aliphatic carbocycles. The fraction of sp³-hybridized carbons (Fsp3) is 0.